The molecule has 0 amide bonds. The summed E-state index contributed by atoms with van der Waals surface area (Å²) in [6.45, 7) is 4.05. The minimum Gasteiger partial charge on any atom is -0.452 e. The number of para-hydroxylation sites is 2. The first-order valence-electron chi connectivity index (χ1n) is 7.85. The number of hydrogen-bond acceptors (Lipinski definition) is 2. The second kappa shape index (κ2) is 5.87. The van der Waals surface area contributed by atoms with Crippen LogP contribution in [0.5, 0.6) is 11.5 Å². The highest BCUT2D eigenvalue weighted by Gasteiger charge is 2.28. The summed E-state index contributed by atoms with van der Waals surface area (Å²) in [7, 11) is 2.16. The Bertz CT molecular complexity index is 778. The fraction of sp³-hybridized carbons (Fsp3) is 0.278. The number of piperazine rings is 1. The first kappa shape index (κ1) is 14.5. The highest BCUT2D eigenvalue weighted by Crippen LogP contribution is 2.36. The lowest BCUT2D eigenvalue weighted by molar-refractivity contribution is -0.538. The van der Waals surface area contributed by atoms with Gasteiger partial charge in [0.25, 0.3) is 5.84 Å². The summed E-state index contributed by atoms with van der Waals surface area (Å²) in [4.78, 5) is 2.34. The Morgan fingerprint density at radius 2 is 1.87 bits per heavy atom. The quantitative estimate of drug-likeness (QED) is 0.752. The Labute approximate surface area is 140 Å². The van der Waals surface area contributed by atoms with E-state index in [9.17, 15) is 0 Å². The van der Waals surface area contributed by atoms with E-state index in [1.807, 2.05) is 42.5 Å². The summed E-state index contributed by atoms with van der Waals surface area (Å²) in [5.74, 6) is 2.74. The van der Waals surface area contributed by atoms with Crippen molar-refractivity contribution in [1.29, 1.82) is 0 Å². The molecule has 2 aliphatic heterocycles. The van der Waals surface area contributed by atoms with Crippen LogP contribution in [-0.4, -0.2) is 48.5 Å². The number of fused-ring (bicyclic) bond motifs is 2. The Kier molecular flexibility index (Phi) is 3.71. The van der Waals surface area contributed by atoms with Gasteiger partial charge in [-0.2, -0.15) is 0 Å². The SMILES string of the molecule is CN1CC[N+](=C2Nc3ccccc3Oc3ccc(Cl)cc32)CC1. The van der Waals surface area contributed by atoms with Crippen molar-refractivity contribution in [2.24, 2.45) is 0 Å². The monoisotopic (exact) mass is 328 g/mol. The number of halogens is 1. The second-order valence-corrected chi connectivity index (χ2v) is 6.44. The van der Waals surface area contributed by atoms with Crippen LogP contribution in [0.2, 0.25) is 5.02 Å². The van der Waals surface area contributed by atoms with Crippen LogP contribution >= 0.6 is 11.6 Å². The molecule has 2 aromatic rings. The van der Waals surface area contributed by atoms with Gasteiger partial charge in [-0.15, -0.1) is 0 Å². The molecule has 5 heteroatoms. The van der Waals surface area contributed by atoms with E-state index in [4.69, 9.17) is 16.3 Å². The van der Waals surface area contributed by atoms with E-state index in [0.717, 1.165) is 54.8 Å². The molecular formula is C18H19ClN3O+. The van der Waals surface area contributed by atoms with Crippen LogP contribution in [0, 0.1) is 0 Å². The van der Waals surface area contributed by atoms with E-state index in [1.165, 1.54) is 0 Å². The van der Waals surface area contributed by atoms with Crippen LogP contribution in [0.1, 0.15) is 5.56 Å². The van der Waals surface area contributed by atoms with Crippen LogP contribution in [0.3, 0.4) is 0 Å². The number of benzene rings is 2. The summed E-state index contributed by atoms with van der Waals surface area (Å²) in [6.07, 6.45) is 0. The second-order valence-electron chi connectivity index (χ2n) is 6.00. The van der Waals surface area contributed by atoms with Gasteiger partial charge in [0.2, 0.25) is 0 Å². The first-order valence-corrected chi connectivity index (χ1v) is 8.23. The van der Waals surface area contributed by atoms with Crippen molar-refractivity contribution in [2.75, 3.05) is 38.5 Å². The van der Waals surface area contributed by atoms with Crippen molar-refractivity contribution >= 4 is 23.1 Å². The molecule has 2 heterocycles. The Morgan fingerprint density at radius 3 is 2.70 bits per heavy atom. The molecule has 23 heavy (non-hydrogen) atoms. The number of nitrogens with zero attached hydrogens (tertiary/aromatic N) is 2. The van der Waals surface area contributed by atoms with Gasteiger partial charge in [-0.1, -0.05) is 23.7 Å². The lowest BCUT2D eigenvalue weighted by atomic mass is 10.1. The number of anilines is 1. The molecule has 0 aromatic heterocycles. The molecule has 2 aromatic carbocycles. The molecule has 4 rings (SSSR count). The molecule has 1 fully saturated rings. The molecule has 4 nitrogen and oxygen atoms in total. The summed E-state index contributed by atoms with van der Waals surface area (Å²) < 4.78 is 8.50. The fourth-order valence-electron chi connectivity index (χ4n) is 3.03. The van der Waals surface area contributed by atoms with Crippen LogP contribution in [0.4, 0.5) is 5.69 Å². The van der Waals surface area contributed by atoms with Gasteiger partial charge in [0.15, 0.2) is 11.4 Å². The zero-order valence-corrected chi connectivity index (χ0v) is 13.8. The predicted octanol–water partition coefficient (Wildman–Crippen LogP) is 3.26. The van der Waals surface area contributed by atoms with Gasteiger partial charge >= 0.3 is 0 Å². The molecule has 118 valence electrons. The molecule has 1 saturated heterocycles. The van der Waals surface area contributed by atoms with E-state index in [0.29, 0.717) is 5.02 Å². The van der Waals surface area contributed by atoms with Gasteiger partial charge in [0.05, 0.1) is 13.1 Å². The molecule has 1 N–H and O–H groups in total. The maximum atomic E-state index is 6.25. The van der Waals surface area contributed by atoms with Crippen LogP contribution in [0.15, 0.2) is 42.5 Å². The summed E-state index contributed by atoms with van der Waals surface area (Å²) in [6, 6.07) is 13.8. The Balaban J connectivity index is 1.87. The molecule has 2 aliphatic rings. The standard InChI is InChI=1S/C18H18ClN3O/c1-21-8-10-22(11-9-21)18-14-12-13(19)6-7-16(14)23-17-5-3-2-4-15(17)20-18/h2-7,12H,8-11H2,1H3/p+1. The van der Waals surface area contributed by atoms with Crippen molar-refractivity contribution in [3.63, 3.8) is 0 Å². The van der Waals surface area contributed by atoms with Gasteiger partial charge in [-0.05, 0) is 37.4 Å². The number of nitrogens with one attached hydrogen (secondary N) is 1. The minimum absolute atomic E-state index is 0.715. The number of amidine groups is 1. The lowest BCUT2D eigenvalue weighted by Crippen LogP contribution is -2.43. The third-order valence-electron chi connectivity index (χ3n) is 4.38. The maximum Gasteiger partial charge on any atom is 0.286 e. The molecule has 0 atom stereocenters. The summed E-state index contributed by atoms with van der Waals surface area (Å²) in [5, 5.41) is 4.28. The maximum absolute atomic E-state index is 6.25. The first-order chi connectivity index (χ1) is 11.2. The molecule has 0 radical (unpaired) electrons. The third-order valence-corrected chi connectivity index (χ3v) is 4.61. The van der Waals surface area contributed by atoms with Crippen molar-refractivity contribution in [3.05, 3.63) is 53.1 Å². The minimum atomic E-state index is 0.715. The zero-order valence-electron chi connectivity index (χ0n) is 13.1. The van der Waals surface area contributed by atoms with E-state index in [1.54, 1.807) is 0 Å². The summed E-state index contributed by atoms with van der Waals surface area (Å²) in [5.41, 5.74) is 1.99. The van der Waals surface area contributed by atoms with Crippen molar-refractivity contribution in [2.45, 2.75) is 0 Å². The van der Waals surface area contributed by atoms with Crippen molar-refractivity contribution in [3.8, 4) is 11.5 Å². The lowest BCUT2D eigenvalue weighted by Gasteiger charge is -2.24. The van der Waals surface area contributed by atoms with Crippen molar-refractivity contribution < 1.29 is 9.31 Å². The highest BCUT2D eigenvalue weighted by atomic mass is 35.5. The number of likely N-dealkylation sites (N-methyl/N-ethyl adjacent to an activating group) is 1. The molecule has 0 bridgehead atoms. The topological polar surface area (TPSA) is 27.5 Å². The number of ether oxygens (including phenoxy) is 1. The molecule has 0 aliphatic carbocycles. The molecule has 0 unspecified atom stereocenters. The van der Waals surface area contributed by atoms with Gasteiger partial charge in [-0.25, -0.2) is 5.32 Å². The molecule has 0 spiro atoms. The van der Waals surface area contributed by atoms with Gasteiger partial charge in [0, 0.05) is 18.1 Å². The highest BCUT2D eigenvalue weighted by molar-refractivity contribution is 6.31. The third kappa shape index (κ3) is 2.80. The van der Waals surface area contributed by atoms with Gasteiger partial charge in [0.1, 0.15) is 11.3 Å². The van der Waals surface area contributed by atoms with E-state index in [-0.39, 0.29) is 0 Å². The van der Waals surface area contributed by atoms with Crippen LogP contribution < -0.4 is 10.1 Å². The van der Waals surface area contributed by atoms with Crippen LogP contribution in [0.25, 0.3) is 0 Å². The predicted molar refractivity (Wildman–Crippen MR) is 93.2 cm³/mol. The Hall–Kier alpha value is -2.04. The largest absolute Gasteiger partial charge is 0.452 e. The average Bonchev–Trinajstić information content (AvgIpc) is 2.72. The zero-order chi connectivity index (χ0) is 15.8. The molecule has 0 saturated carbocycles. The van der Waals surface area contributed by atoms with Gasteiger partial charge in [-0.3, -0.25) is 9.48 Å². The normalized spacial score (nSPS) is 17.7. The van der Waals surface area contributed by atoms with E-state index in [2.05, 4.69) is 21.8 Å². The van der Waals surface area contributed by atoms with Crippen molar-refractivity contribution in [1.82, 2.24) is 4.90 Å². The number of rotatable bonds is 0. The molecular weight excluding hydrogens is 310 g/mol. The van der Waals surface area contributed by atoms with E-state index < -0.39 is 0 Å². The smallest absolute Gasteiger partial charge is 0.286 e. The fourth-order valence-corrected chi connectivity index (χ4v) is 3.20. The number of hydrogen-bond donors (Lipinski definition) is 1. The van der Waals surface area contributed by atoms with Crippen LogP contribution in [-0.2, 0) is 0 Å². The average molecular weight is 329 g/mol. The Morgan fingerprint density at radius 1 is 1.09 bits per heavy atom. The summed E-state index contributed by atoms with van der Waals surface area (Å²) >= 11 is 6.25. The van der Waals surface area contributed by atoms with E-state index >= 15 is 0 Å². The van der Waals surface area contributed by atoms with Gasteiger partial charge < -0.3 is 4.74 Å².